The zero-order chi connectivity index (χ0) is 24.9. The zero-order valence-corrected chi connectivity index (χ0v) is 22.8. The molecule has 0 atom stereocenters. The third-order valence-electron chi connectivity index (χ3n) is 5.77. The van der Waals surface area contributed by atoms with E-state index >= 15 is 0 Å². The van der Waals surface area contributed by atoms with Crippen LogP contribution in [0.15, 0.2) is 50.2 Å². The van der Waals surface area contributed by atoms with E-state index in [0.717, 1.165) is 42.3 Å². The molecule has 0 unspecified atom stereocenters. The molecule has 35 heavy (non-hydrogen) atoms. The average molecular weight is 626 g/mol. The van der Waals surface area contributed by atoms with Crippen molar-refractivity contribution in [3.05, 3.63) is 67.2 Å². The number of imide groups is 1. The number of carbonyl (C=O) groups excluding carboxylic acids is 3. The van der Waals surface area contributed by atoms with Crippen molar-refractivity contribution in [3.63, 3.8) is 0 Å². The van der Waals surface area contributed by atoms with E-state index in [0.29, 0.717) is 38.9 Å². The number of rotatable bonds is 6. The lowest BCUT2D eigenvalue weighted by Crippen LogP contribution is -2.42. The highest BCUT2D eigenvalue weighted by atomic mass is 79.9. The fraction of sp³-hybridized carbons (Fsp3) is 0.320. The number of likely N-dealkylation sites (tertiary alicyclic amines) is 1. The van der Waals surface area contributed by atoms with Gasteiger partial charge in [-0.1, -0.05) is 31.0 Å². The number of amides is 3. The van der Waals surface area contributed by atoms with Crippen molar-refractivity contribution in [1.82, 2.24) is 9.80 Å². The number of carbonyl (C=O) groups is 3. The molecule has 0 spiro atoms. The van der Waals surface area contributed by atoms with Crippen molar-refractivity contribution in [2.45, 2.75) is 32.3 Å². The highest BCUT2D eigenvalue weighted by Gasteiger charge is 2.37. The van der Waals surface area contributed by atoms with E-state index in [2.05, 4.69) is 31.9 Å². The van der Waals surface area contributed by atoms with Crippen LogP contribution in [-0.4, -0.2) is 46.5 Å². The van der Waals surface area contributed by atoms with E-state index in [1.54, 1.807) is 41.3 Å². The maximum atomic E-state index is 13.9. The van der Waals surface area contributed by atoms with Crippen LogP contribution in [0.1, 0.15) is 36.8 Å². The van der Waals surface area contributed by atoms with Gasteiger partial charge in [0.1, 0.15) is 24.7 Å². The molecule has 2 aromatic carbocycles. The monoisotopic (exact) mass is 624 g/mol. The minimum Gasteiger partial charge on any atom is -0.486 e. The summed E-state index contributed by atoms with van der Waals surface area (Å²) in [6, 6.07) is 9.88. The molecular weight excluding hydrogens is 603 g/mol. The summed E-state index contributed by atoms with van der Waals surface area (Å²) in [5, 5.41) is -0.451. The van der Waals surface area contributed by atoms with Crippen molar-refractivity contribution in [3.8, 4) is 5.75 Å². The molecule has 0 N–H and O–H groups in total. The third kappa shape index (κ3) is 6.34. The molecule has 3 amide bonds. The molecule has 2 saturated heterocycles. The quantitative estimate of drug-likeness (QED) is 0.349. The maximum absolute atomic E-state index is 13.9. The van der Waals surface area contributed by atoms with Gasteiger partial charge in [0, 0.05) is 18.7 Å². The summed E-state index contributed by atoms with van der Waals surface area (Å²) in [6.07, 6.45) is 5.67. The van der Waals surface area contributed by atoms with Gasteiger partial charge in [0.2, 0.25) is 5.91 Å². The number of hydrogen-bond acceptors (Lipinski definition) is 5. The first-order valence-corrected chi connectivity index (χ1v) is 13.6. The number of hydrogen-bond donors (Lipinski definition) is 0. The fourth-order valence-electron chi connectivity index (χ4n) is 3.91. The van der Waals surface area contributed by atoms with Gasteiger partial charge in [-0.2, -0.15) is 0 Å². The summed E-state index contributed by atoms with van der Waals surface area (Å²) in [5.74, 6) is -0.532. The lowest BCUT2D eigenvalue weighted by molar-refractivity contribution is -0.135. The highest BCUT2D eigenvalue weighted by Crippen LogP contribution is 2.38. The summed E-state index contributed by atoms with van der Waals surface area (Å²) in [5.41, 5.74) is 1.09. The van der Waals surface area contributed by atoms with Gasteiger partial charge >= 0.3 is 0 Å². The predicted molar refractivity (Wildman–Crippen MR) is 140 cm³/mol. The second-order valence-electron chi connectivity index (χ2n) is 8.26. The van der Waals surface area contributed by atoms with Crippen LogP contribution < -0.4 is 4.74 Å². The van der Waals surface area contributed by atoms with E-state index in [9.17, 15) is 18.8 Å². The Morgan fingerprint density at radius 3 is 2.37 bits per heavy atom. The van der Waals surface area contributed by atoms with Crippen molar-refractivity contribution in [2.24, 2.45) is 0 Å². The van der Waals surface area contributed by atoms with E-state index in [4.69, 9.17) is 4.74 Å². The van der Waals surface area contributed by atoms with Crippen LogP contribution in [-0.2, 0) is 16.2 Å². The van der Waals surface area contributed by atoms with Crippen LogP contribution in [0, 0.1) is 5.82 Å². The maximum Gasteiger partial charge on any atom is 0.294 e. The molecule has 0 radical (unpaired) electrons. The van der Waals surface area contributed by atoms with Crippen molar-refractivity contribution >= 4 is 66.8 Å². The molecular formula is C25H23Br2FN2O4S. The van der Waals surface area contributed by atoms with Crippen LogP contribution >= 0.6 is 43.6 Å². The second kappa shape index (κ2) is 11.7. The second-order valence-corrected chi connectivity index (χ2v) is 11.0. The van der Waals surface area contributed by atoms with Crippen LogP contribution in [0.5, 0.6) is 5.75 Å². The number of halogens is 3. The molecule has 2 fully saturated rings. The molecule has 0 bridgehead atoms. The van der Waals surface area contributed by atoms with Gasteiger partial charge in [-0.05, 0) is 86.3 Å². The number of ether oxygens (including phenoxy) is 1. The van der Waals surface area contributed by atoms with Crippen molar-refractivity contribution < 1.29 is 23.5 Å². The average Bonchev–Trinajstić information content (AvgIpc) is 3.01. The summed E-state index contributed by atoms with van der Waals surface area (Å²) in [6.45, 7) is 1.14. The smallest absolute Gasteiger partial charge is 0.294 e. The molecule has 2 aromatic rings. The van der Waals surface area contributed by atoms with Crippen molar-refractivity contribution in [1.29, 1.82) is 0 Å². The van der Waals surface area contributed by atoms with Gasteiger partial charge in [0.15, 0.2) is 0 Å². The minimum atomic E-state index is -0.477. The molecule has 6 nitrogen and oxygen atoms in total. The first-order valence-electron chi connectivity index (χ1n) is 11.2. The van der Waals surface area contributed by atoms with Gasteiger partial charge in [0.05, 0.1) is 13.9 Å². The minimum absolute atomic E-state index is 0.0488. The highest BCUT2D eigenvalue weighted by molar-refractivity contribution is 9.11. The SMILES string of the molecule is O=C(CN1C(=O)SC(=Cc2cc(Br)c(OCc3ccccc3F)c(Br)c2)C1=O)N1CCCCCC1. The molecule has 2 heterocycles. The fourth-order valence-corrected chi connectivity index (χ4v) is 6.20. The van der Waals surface area contributed by atoms with E-state index < -0.39 is 11.1 Å². The molecule has 0 aliphatic carbocycles. The molecule has 0 saturated carbocycles. The lowest BCUT2D eigenvalue weighted by atomic mass is 10.2. The Labute approximate surface area is 224 Å². The van der Waals surface area contributed by atoms with E-state index in [-0.39, 0.29) is 29.8 Å². The molecule has 2 aliphatic rings. The Morgan fingerprint density at radius 2 is 1.71 bits per heavy atom. The largest absolute Gasteiger partial charge is 0.486 e. The summed E-state index contributed by atoms with van der Waals surface area (Å²) in [4.78, 5) is 41.1. The molecule has 0 aromatic heterocycles. The summed E-state index contributed by atoms with van der Waals surface area (Å²) >= 11 is 7.75. The number of thioether (sulfide) groups is 1. The molecule has 184 valence electrons. The Balaban J connectivity index is 1.45. The Kier molecular flexibility index (Phi) is 8.67. The normalized spacial score (nSPS) is 17.7. The molecule has 4 rings (SSSR count). The first-order chi connectivity index (χ1) is 16.8. The number of nitrogens with zero attached hydrogens (tertiary/aromatic N) is 2. The lowest BCUT2D eigenvalue weighted by Gasteiger charge is -2.22. The zero-order valence-electron chi connectivity index (χ0n) is 18.8. The van der Waals surface area contributed by atoms with E-state index in [1.165, 1.54) is 6.07 Å². The van der Waals surface area contributed by atoms with Gasteiger partial charge in [-0.15, -0.1) is 0 Å². The Hall–Kier alpha value is -2.17. The van der Waals surface area contributed by atoms with Gasteiger partial charge < -0.3 is 9.64 Å². The molecule has 10 heteroatoms. The third-order valence-corrected chi connectivity index (χ3v) is 7.86. The molecule has 2 aliphatic heterocycles. The topological polar surface area (TPSA) is 66.9 Å². The van der Waals surface area contributed by atoms with Crippen LogP contribution in [0.2, 0.25) is 0 Å². The standard InChI is InChI=1S/C25H23Br2FN2O4S/c26-18-11-16(12-19(27)23(18)34-15-17-7-3-4-8-20(17)28)13-21-24(32)30(25(33)35-21)14-22(31)29-9-5-1-2-6-10-29/h3-4,7-8,11-13H,1-2,5-6,9-10,14-15H2. The summed E-state index contributed by atoms with van der Waals surface area (Å²) < 4.78 is 20.9. The van der Waals surface area contributed by atoms with Crippen LogP contribution in [0.4, 0.5) is 9.18 Å². The van der Waals surface area contributed by atoms with Crippen molar-refractivity contribution in [2.75, 3.05) is 19.6 Å². The Bertz CT molecular complexity index is 1160. The Morgan fingerprint density at radius 1 is 1.06 bits per heavy atom. The van der Waals surface area contributed by atoms with E-state index in [1.807, 2.05) is 0 Å². The number of benzene rings is 2. The predicted octanol–water partition coefficient (Wildman–Crippen LogP) is 6.37. The van der Waals surface area contributed by atoms with Crippen LogP contribution in [0.25, 0.3) is 6.08 Å². The first kappa shape index (κ1) is 25.9. The van der Waals surface area contributed by atoms with Gasteiger partial charge in [-0.25, -0.2) is 4.39 Å². The van der Waals surface area contributed by atoms with Gasteiger partial charge in [0.25, 0.3) is 11.1 Å². The van der Waals surface area contributed by atoms with Gasteiger partial charge in [-0.3, -0.25) is 19.3 Å². The summed E-state index contributed by atoms with van der Waals surface area (Å²) in [7, 11) is 0. The van der Waals surface area contributed by atoms with Crippen LogP contribution in [0.3, 0.4) is 0 Å².